The van der Waals surface area contributed by atoms with Gasteiger partial charge in [0.15, 0.2) is 0 Å². The lowest BCUT2D eigenvalue weighted by Crippen LogP contribution is -2.13. The monoisotopic (exact) mass is 344 g/mol. The molecule has 1 aromatic heterocycles. The topological polar surface area (TPSA) is 45.8 Å². The van der Waals surface area contributed by atoms with E-state index >= 15 is 0 Å². The average molecular weight is 346 g/mol. The summed E-state index contributed by atoms with van der Waals surface area (Å²) in [5.41, 5.74) is 0.603. The Morgan fingerprint density at radius 2 is 2.00 bits per heavy atom. The van der Waals surface area contributed by atoms with E-state index in [-0.39, 0.29) is 11.5 Å². The second kappa shape index (κ2) is 4.30. The van der Waals surface area contributed by atoms with Crippen molar-refractivity contribution in [2.24, 2.45) is 0 Å². The van der Waals surface area contributed by atoms with E-state index in [0.29, 0.717) is 16.7 Å². The third kappa shape index (κ3) is 2.06. The fourth-order valence-electron chi connectivity index (χ4n) is 1.46. The van der Waals surface area contributed by atoms with Crippen molar-refractivity contribution < 1.29 is 0 Å². The standard InChI is InChI=1S/C11H10Br2N2O/c1-5(2)10-14-9-7(11(16)15-10)3-6(12)4-8(9)13/h3-5H,1-2H3,(H,14,15,16). The number of H-pyrrole nitrogens is 1. The Bertz CT molecular complexity index is 605. The van der Waals surface area contributed by atoms with Gasteiger partial charge in [-0.05, 0) is 28.1 Å². The van der Waals surface area contributed by atoms with Crippen LogP contribution in [-0.4, -0.2) is 9.97 Å². The van der Waals surface area contributed by atoms with E-state index in [1.807, 2.05) is 19.9 Å². The van der Waals surface area contributed by atoms with Gasteiger partial charge in [0.1, 0.15) is 5.82 Å². The molecule has 0 aliphatic carbocycles. The highest BCUT2D eigenvalue weighted by molar-refractivity contribution is 9.11. The third-order valence-electron chi connectivity index (χ3n) is 2.29. The number of aromatic nitrogens is 2. The van der Waals surface area contributed by atoms with Crippen LogP contribution < -0.4 is 5.56 Å². The Balaban J connectivity index is 2.87. The summed E-state index contributed by atoms with van der Waals surface area (Å²) >= 11 is 6.77. The molecule has 0 aliphatic rings. The average Bonchev–Trinajstić information content (AvgIpc) is 2.19. The van der Waals surface area contributed by atoms with Gasteiger partial charge in [-0.25, -0.2) is 4.98 Å². The lowest BCUT2D eigenvalue weighted by atomic mass is 10.2. The lowest BCUT2D eigenvalue weighted by molar-refractivity contribution is 0.776. The normalized spacial score (nSPS) is 11.3. The summed E-state index contributed by atoms with van der Waals surface area (Å²) in [7, 11) is 0. The molecule has 2 aromatic rings. The predicted molar refractivity (Wildman–Crippen MR) is 71.9 cm³/mol. The third-order valence-corrected chi connectivity index (χ3v) is 3.36. The number of halogens is 2. The maximum absolute atomic E-state index is 11.9. The first-order valence-corrected chi connectivity index (χ1v) is 6.46. The minimum atomic E-state index is -0.101. The molecule has 0 aliphatic heterocycles. The fraction of sp³-hybridized carbons (Fsp3) is 0.273. The quantitative estimate of drug-likeness (QED) is 0.858. The molecule has 16 heavy (non-hydrogen) atoms. The van der Waals surface area contributed by atoms with Crippen LogP contribution in [0.3, 0.4) is 0 Å². The van der Waals surface area contributed by atoms with Crippen LogP contribution in [0.4, 0.5) is 0 Å². The molecule has 0 unspecified atom stereocenters. The molecule has 0 atom stereocenters. The van der Waals surface area contributed by atoms with Crippen LogP contribution in [0.2, 0.25) is 0 Å². The molecule has 84 valence electrons. The molecule has 0 saturated heterocycles. The van der Waals surface area contributed by atoms with Crippen molar-refractivity contribution in [1.82, 2.24) is 9.97 Å². The zero-order valence-corrected chi connectivity index (χ0v) is 12.0. The number of benzene rings is 1. The zero-order chi connectivity index (χ0) is 11.9. The SMILES string of the molecule is CC(C)c1nc2c(Br)cc(Br)cc2c(=O)[nH]1. The summed E-state index contributed by atoms with van der Waals surface area (Å²) < 4.78 is 1.68. The van der Waals surface area contributed by atoms with E-state index in [0.717, 1.165) is 8.95 Å². The molecule has 0 bridgehead atoms. The van der Waals surface area contributed by atoms with E-state index in [9.17, 15) is 4.79 Å². The minimum absolute atomic E-state index is 0.101. The van der Waals surface area contributed by atoms with Gasteiger partial charge in [0, 0.05) is 14.9 Å². The maximum Gasteiger partial charge on any atom is 0.258 e. The summed E-state index contributed by atoms with van der Waals surface area (Å²) in [5.74, 6) is 0.910. The highest BCUT2D eigenvalue weighted by atomic mass is 79.9. The second-order valence-corrected chi connectivity index (χ2v) is 5.66. The Morgan fingerprint density at radius 1 is 1.31 bits per heavy atom. The zero-order valence-electron chi connectivity index (χ0n) is 8.84. The van der Waals surface area contributed by atoms with Gasteiger partial charge in [-0.1, -0.05) is 29.8 Å². The van der Waals surface area contributed by atoms with E-state index in [1.54, 1.807) is 6.07 Å². The first kappa shape index (κ1) is 11.8. The van der Waals surface area contributed by atoms with Crippen molar-refractivity contribution in [1.29, 1.82) is 0 Å². The largest absolute Gasteiger partial charge is 0.310 e. The summed E-state index contributed by atoms with van der Waals surface area (Å²) in [6.07, 6.45) is 0. The smallest absolute Gasteiger partial charge is 0.258 e. The first-order valence-electron chi connectivity index (χ1n) is 4.88. The van der Waals surface area contributed by atoms with Crippen molar-refractivity contribution in [3.63, 3.8) is 0 Å². The van der Waals surface area contributed by atoms with Gasteiger partial charge < -0.3 is 4.98 Å². The van der Waals surface area contributed by atoms with Crippen LogP contribution in [0.15, 0.2) is 25.9 Å². The number of aromatic amines is 1. The van der Waals surface area contributed by atoms with Crippen molar-refractivity contribution in [3.05, 3.63) is 37.3 Å². The van der Waals surface area contributed by atoms with E-state index in [4.69, 9.17) is 0 Å². The number of nitrogens with zero attached hydrogens (tertiary/aromatic N) is 1. The van der Waals surface area contributed by atoms with Gasteiger partial charge in [-0.3, -0.25) is 4.79 Å². The van der Waals surface area contributed by atoms with Crippen molar-refractivity contribution in [3.8, 4) is 0 Å². The van der Waals surface area contributed by atoms with Gasteiger partial charge >= 0.3 is 0 Å². The van der Waals surface area contributed by atoms with Crippen LogP contribution in [0, 0.1) is 0 Å². The Kier molecular flexibility index (Phi) is 3.17. The highest BCUT2D eigenvalue weighted by Gasteiger charge is 2.10. The molecule has 1 aromatic carbocycles. The van der Waals surface area contributed by atoms with Crippen LogP contribution in [-0.2, 0) is 0 Å². The predicted octanol–water partition coefficient (Wildman–Crippen LogP) is 3.57. The summed E-state index contributed by atoms with van der Waals surface area (Å²) in [6.45, 7) is 3.99. The molecule has 5 heteroatoms. The number of rotatable bonds is 1. The molecule has 3 nitrogen and oxygen atoms in total. The van der Waals surface area contributed by atoms with Crippen molar-refractivity contribution in [2.75, 3.05) is 0 Å². The molecule has 2 rings (SSSR count). The fourth-order valence-corrected chi connectivity index (χ4v) is 2.77. The van der Waals surface area contributed by atoms with Crippen molar-refractivity contribution in [2.45, 2.75) is 19.8 Å². The van der Waals surface area contributed by atoms with Crippen LogP contribution in [0.1, 0.15) is 25.6 Å². The van der Waals surface area contributed by atoms with E-state index < -0.39 is 0 Å². The summed E-state index contributed by atoms with van der Waals surface area (Å²) in [5, 5.41) is 0.589. The molecular formula is C11H10Br2N2O. The molecule has 0 saturated carbocycles. The van der Waals surface area contributed by atoms with Crippen LogP contribution in [0.5, 0.6) is 0 Å². The molecule has 0 amide bonds. The number of fused-ring (bicyclic) bond motifs is 1. The number of hydrogen-bond acceptors (Lipinski definition) is 2. The van der Waals surface area contributed by atoms with Gasteiger partial charge in [0.25, 0.3) is 5.56 Å². The summed E-state index contributed by atoms with van der Waals surface area (Å²) in [6, 6.07) is 3.66. The van der Waals surface area contributed by atoms with Gasteiger partial charge in [-0.2, -0.15) is 0 Å². The van der Waals surface area contributed by atoms with Gasteiger partial charge in [0.05, 0.1) is 10.9 Å². The van der Waals surface area contributed by atoms with Crippen LogP contribution >= 0.6 is 31.9 Å². The molecule has 0 radical (unpaired) electrons. The Labute approximate surface area is 110 Å². The van der Waals surface area contributed by atoms with E-state index in [2.05, 4.69) is 41.8 Å². The highest BCUT2D eigenvalue weighted by Crippen LogP contribution is 2.25. The maximum atomic E-state index is 11.9. The van der Waals surface area contributed by atoms with E-state index in [1.165, 1.54) is 0 Å². The first-order chi connectivity index (χ1) is 7.49. The minimum Gasteiger partial charge on any atom is -0.310 e. The molecule has 1 heterocycles. The second-order valence-electron chi connectivity index (χ2n) is 3.89. The summed E-state index contributed by atoms with van der Waals surface area (Å²) in [4.78, 5) is 19.1. The lowest BCUT2D eigenvalue weighted by Gasteiger charge is -2.07. The molecule has 1 N–H and O–H groups in total. The Hall–Kier alpha value is -0.680. The molecular weight excluding hydrogens is 336 g/mol. The molecule has 0 fully saturated rings. The number of hydrogen-bond donors (Lipinski definition) is 1. The number of nitrogens with one attached hydrogen (secondary N) is 1. The molecule has 0 spiro atoms. The van der Waals surface area contributed by atoms with Crippen LogP contribution in [0.25, 0.3) is 10.9 Å². The Morgan fingerprint density at radius 3 is 2.62 bits per heavy atom. The van der Waals surface area contributed by atoms with Gasteiger partial charge in [0.2, 0.25) is 0 Å². The van der Waals surface area contributed by atoms with Crippen molar-refractivity contribution >= 4 is 42.8 Å². The van der Waals surface area contributed by atoms with Gasteiger partial charge in [-0.15, -0.1) is 0 Å².